The number of aliphatic hydroxyl groups is 1. The number of aromatic nitrogens is 2. The third-order valence-electron chi connectivity index (χ3n) is 6.43. The Balaban J connectivity index is 1.67. The van der Waals surface area contributed by atoms with Gasteiger partial charge in [-0.2, -0.15) is 5.10 Å². The summed E-state index contributed by atoms with van der Waals surface area (Å²) in [5.41, 5.74) is 1.49. The Morgan fingerprint density at radius 1 is 1.22 bits per heavy atom. The smallest absolute Gasteiger partial charge is 0.343 e. The summed E-state index contributed by atoms with van der Waals surface area (Å²) < 4.78 is 17.7. The topological polar surface area (TPSA) is 138 Å². The number of pyridine rings is 2. The molecule has 0 radical (unpaired) electrons. The molecule has 0 amide bonds. The number of benzene rings is 1. The monoisotopic (exact) mass is 434 g/mol. The maximum absolute atomic E-state index is 13.3. The van der Waals surface area contributed by atoms with Crippen LogP contribution in [0.3, 0.4) is 0 Å². The summed E-state index contributed by atoms with van der Waals surface area (Å²) in [5.74, 6) is 5.91. The van der Waals surface area contributed by atoms with Gasteiger partial charge in [0.05, 0.1) is 35.2 Å². The molecule has 0 spiro atoms. The van der Waals surface area contributed by atoms with Crippen LogP contribution in [0, 0.1) is 0 Å². The fraction of sp³-hybridized carbons (Fsp3) is 0.273. The molecule has 3 aliphatic rings. The highest BCUT2D eigenvalue weighted by Crippen LogP contribution is 2.42. The molecule has 10 nitrogen and oxygen atoms in total. The lowest BCUT2D eigenvalue weighted by Gasteiger charge is -2.31. The first-order valence-corrected chi connectivity index (χ1v) is 10.1. The summed E-state index contributed by atoms with van der Waals surface area (Å²) in [5, 5.41) is 15.5. The molecule has 5 heterocycles. The van der Waals surface area contributed by atoms with Crippen molar-refractivity contribution in [2.24, 2.45) is 10.9 Å². The van der Waals surface area contributed by atoms with Gasteiger partial charge in [-0.15, -0.1) is 0 Å². The summed E-state index contributed by atoms with van der Waals surface area (Å²) in [7, 11) is 0. The molecule has 1 atom stereocenters. The second-order valence-electron chi connectivity index (χ2n) is 7.96. The predicted octanol–water partition coefficient (Wildman–Crippen LogP) is 1.10. The Hall–Kier alpha value is -3.92. The summed E-state index contributed by atoms with van der Waals surface area (Å²) in [6.07, 6.45) is 1.60. The zero-order valence-corrected chi connectivity index (χ0v) is 17.0. The van der Waals surface area contributed by atoms with Crippen molar-refractivity contribution in [3.8, 4) is 22.9 Å². The Bertz CT molecular complexity index is 1440. The van der Waals surface area contributed by atoms with Crippen molar-refractivity contribution in [1.29, 1.82) is 0 Å². The fourth-order valence-electron chi connectivity index (χ4n) is 4.72. The van der Waals surface area contributed by atoms with Gasteiger partial charge in [-0.3, -0.25) is 4.79 Å². The molecule has 162 valence electrons. The minimum Gasteiger partial charge on any atom is -0.458 e. The number of nitrogens with two attached hydrogens (primary N) is 1. The van der Waals surface area contributed by atoms with Gasteiger partial charge in [-0.1, -0.05) is 6.92 Å². The molecule has 3 aliphatic heterocycles. The first-order valence-electron chi connectivity index (χ1n) is 10.1. The van der Waals surface area contributed by atoms with Gasteiger partial charge in [0.1, 0.15) is 6.61 Å². The third-order valence-corrected chi connectivity index (χ3v) is 6.43. The molecule has 10 heteroatoms. The molecular weight excluding hydrogens is 416 g/mol. The summed E-state index contributed by atoms with van der Waals surface area (Å²) in [4.78, 5) is 30.5. The van der Waals surface area contributed by atoms with E-state index >= 15 is 0 Å². The molecule has 32 heavy (non-hydrogen) atoms. The van der Waals surface area contributed by atoms with Crippen LogP contribution in [0.4, 0.5) is 0 Å². The molecule has 1 aromatic carbocycles. The molecule has 0 fully saturated rings. The van der Waals surface area contributed by atoms with E-state index in [4.69, 9.17) is 25.0 Å². The van der Waals surface area contributed by atoms with E-state index in [1.54, 1.807) is 23.6 Å². The lowest BCUT2D eigenvalue weighted by Crippen LogP contribution is -2.44. The van der Waals surface area contributed by atoms with Gasteiger partial charge in [0.25, 0.3) is 5.56 Å². The number of carbonyl (C=O) groups is 1. The largest absolute Gasteiger partial charge is 0.458 e. The molecule has 0 aliphatic carbocycles. The van der Waals surface area contributed by atoms with Crippen molar-refractivity contribution < 1.29 is 24.1 Å². The van der Waals surface area contributed by atoms with Crippen LogP contribution in [0.2, 0.25) is 0 Å². The maximum Gasteiger partial charge on any atom is 0.343 e. The molecule has 0 saturated heterocycles. The number of ether oxygens (including phenoxy) is 3. The van der Waals surface area contributed by atoms with Crippen molar-refractivity contribution in [2.75, 3.05) is 6.79 Å². The highest BCUT2D eigenvalue weighted by Gasteiger charge is 2.45. The van der Waals surface area contributed by atoms with Crippen molar-refractivity contribution in [3.63, 3.8) is 0 Å². The van der Waals surface area contributed by atoms with Crippen molar-refractivity contribution >= 4 is 23.1 Å². The van der Waals surface area contributed by atoms with Crippen LogP contribution in [0.5, 0.6) is 11.5 Å². The van der Waals surface area contributed by atoms with Crippen LogP contribution in [-0.4, -0.2) is 33.6 Å². The highest BCUT2D eigenvalue weighted by molar-refractivity contribution is 6.03. The normalized spacial score (nSPS) is 20.4. The third kappa shape index (κ3) is 2.27. The average molecular weight is 434 g/mol. The molecule has 0 saturated carbocycles. The number of fused-ring (bicyclic) bond motifs is 6. The van der Waals surface area contributed by atoms with E-state index in [1.807, 2.05) is 6.07 Å². The summed E-state index contributed by atoms with van der Waals surface area (Å²) in [6, 6.07) is 5.26. The van der Waals surface area contributed by atoms with Gasteiger partial charge in [0, 0.05) is 28.1 Å². The van der Waals surface area contributed by atoms with Crippen LogP contribution >= 0.6 is 0 Å². The maximum atomic E-state index is 13.3. The molecule has 3 N–H and O–H groups in total. The number of carbonyl (C=O) groups excluding carboxylic acids is 1. The molecule has 6 rings (SSSR count). The number of hydrogen-bond donors (Lipinski definition) is 2. The second kappa shape index (κ2) is 6.30. The number of nitrogens with zero attached hydrogens (tertiary/aromatic N) is 3. The molecule has 2 aromatic heterocycles. The molecule has 0 unspecified atom stereocenters. The standard InChI is InChI=1S/C22H18N4O6/c1-2-22(29)14-4-16-19-12(7-26(16)20(27)13(14)8-30-21(22)28)11(6-24-23)10-3-17-18(32-9-31-17)5-15(10)25-19/h3-6,29H,2,7-9,23H2,1H3/b24-6+/t22-/m0/s1. The Morgan fingerprint density at radius 2 is 2.00 bits per heavy atom. The van der Waals surface area contributed by atoms with Crippen LogP contribution in [0.1, 0.15) is 35.6 Å². The number of hydrogen-bond acceptors (Lipinski definition) is 9. The van der Waals surface area contributed by atoms with Crippen molar-refractivity contribution in [2.45, 2.75) is 32.1 Å². The zero-order valence-electron chi connectivity index (χ0n) is 17.0. The molecular formula is C22H18N4O6. The lowest BCUT2D eigenvalue weighted by atomic mass is 9.86. The van der Waals surface area contributed by atoms with Crippen LogP contribution in [0.15, 0.2) is 28.1 Å². The first-order chi connectivity index (χ1) is 15.5. The van der Waals surface area contributed by atoms with Gasteiger partial charge < -0.3 is 29.7 Å². The van der Waals surface area contributed by atoms with E-state index in [0.717, 1.165) is 10.9 Å². The number of cyclic esters (lactones) is 1. The number of rotatable bonds is 2. The molecule has 0 bridgehead atoms. The minimum atomic E-state index is -1.88. The molecule has 3 aromatic rings. The van der Waals surface area contributed by atoms with Gasteiger partial charge >= 0.3 is 5.97 Å². The summed E-state index contributed by atoms with van der Waals surface area (Å²) >= 11 is 0. The van der Waals surface area contributed by atoms with Gasteiger partial charge in [-0.05, 0) is 18.6 Å². The van der Waals surface area contributed by atoms with Gasteiger partial charge in [-0.25, -0.2) is 9.78 Å². The van der Waals surface area contributed by atoms with Gasteiger partial charge in [0.2, 0.25) is 6.79 Å². The number of esters is 1. The SMILES string of the molecule is CC[C@@]1(O)C(=O)OCc2c1cc1n(c2=O)Cc2c-1nc1cc3c(cc1c2/C=N/N)OCO3. The fourth-order valence-corrected chi connectivity index (χ4v) is 4.72. The Labute approximate surface area is 180 Å². The zero-order chi connectivity index (χ0) is 22.2. The van der Waals surface area contributed by atoms with E-state index in [1.165, 1.54) is 6.21 Å². The second-order valence-corrected chi connectivity index (χ2v) is 7.96. The Kier molecular flexibility index (Phi) is 3.70. The first kappa shape index (κ1) is 18.8. The van der Waals surface area contributed by atoms with Gasteiger partial charge in [0.15, 0.2) is 17.1 Å². The highest BCUT2D eigenvalue weighted by atomic mass is 16.7. The van der Waals surface area contributed by atoms with Crippen molar-refractivity contribution in [1.82, 2.24) is 9.55 Å². The van der Waals surface area contributed by atoms with Crippen molar-refractivity contribution in [3.05, 3.63) is 50.8 Å². The van der Waals surface area contributed by atoms with E-state index in [2.05, 4.69) is 5.10 Å². The number of hydrazone groups is 1. The minimum absolute atomic E-state index is 0.0777. The van der Waals surface area contributed by atoms with E-state index in [0.29, 0.717) is 34.0 Å². The van der Waals surface area contributed by atoms with Crippen LogP contribution in [-0.2, 0) is 28.3 Å². The van der Waals surface area contributed by atoms with E-state index < -0.39 is 11.6 Å². The lowest BCUT2D eigenvalue weighted by molar-refractivity contribution is -0.172. The summed E-state index contributed by atoms with van der Waals surface area (Å²) in [6.45, 7) is 1.86. The quantitative estimate of drug-likeness (QED) is 0.207. The van der Waals surface area contributed by atoms with E-state index in [9.17, 15) is 14.7 Å². The van der Waals surface area contributed by atoms with Crippen LogP contribution in [0.25, 0.3) is 22.3 Å². The average Bonchev–Trinajstić information content (AvgIpc) is 3.40. The Morgan fingerprint density at radius 3 is 2.75 bits per heavy atom. The van der Waals surface area contributed by atoms with Crippen LogP contribution < -0.4 is 20.9 Å². The van der Waals surface area contributed by atoms with E-state index in [-0.39, 0.29) is 43.1 Å². The predicted molar refractivity (Wildman–Crippen MR) is 112 cm³/mol.